The molecule has 1 aliphatic rings. The zero-order valence-corrected chi connectivity index (χ0v) is 17.2. The molecule has 8 nitrogen and oxygen atoms in total. The van der Waals surface area contributed by atoms with Gasteiger partial charge in [-0.3, -0.25) is 14.5 Å². The number of sulfonamides is 1. The zero-order valence-electron chi connectivity index (χ0n) is 16.4. The van der Waals surface area contributed by atoms with Crippen molar-refractivity contribution in [1.82, 2.24) is 4.72 Å². The Kier molecular flexibility index (Phi) is 5.73. The van der Waals surface area contributed by atoms with Gasteiger partial charge in [-0.1, -0.05) is 24.3 Å². The van der Waals surface area contributed by atoms with Crippen LogP contribution in [-0.4, -0.2) is 31.9 Å². The van der Waals surface area contributed by atoms with E-state index in [1.807, 2.05) is 6.07 Å². The van der Waals surface area contributed by atoms with Gasteiger partial charge in [0.1, 0.15) is 5.76 Å². The van der Waals surface area contributed by atoms with Crippen LogP contribution in [0, 0.1) is 0 Å². The first-order valence-electron chi connectivity index (χ1n) is 9.62. The van der Waals surface area contributed by atoms with Gasteiger partial charge in [-0.05, 0) is 42.0 Å². The number of imide groups is 1. The number of carbonyl (C=O) groups is 2. The lowest BCUT2D eigenvalue weighted by Crippen LogP contribution is -2.29. The molecule has 2 aromatic carbocycles. The van der Waals surface area contributed by atoms with Crippen molar-refractivity contribution < 1.29 is 27.5 Å². The second kappa shape index (κ2) is 8.46. The highest BCUT2D eigenvalue weighted by Gasteiger charge is 2.30. The van der Waals surface area contributed by atoms with Crippen molar-refractivity contribution in [2.24, 2.45) is 0 Å². The molecular weight excluding hydrogens is 420 g/mol. The third-order valence-electron chi connectivity index (χ3n) is 5.02. The number of furan rings is 1. The number of anilines is 1. The molecule has 0 saturated carbocycles. The predicted octanol–water partition coefficient (Wildman–Crippen LogP) is 2.61. The number of benzene rings is 2. The summed E-state index contributed by atoms with van der Waals surface area (Å²) < 4.78 is 32.8. The first-order chi connectivity index (χ1) is 14.8. The quantitative estimate of drug-likeness (QED) is 0.546. The van der Waals surface area contributed by atoms with E-state index in [-0.39, 0.29) is 36.1 Å². The lowest BCUT2D eigenvalue weighted by molar-refractivity contribution is -0.121. The topological polar surface area (TPSA) is 117 Å². The summed E-state index contributed by atoms with van der Waals surface area (Å²) in [7, 11) is -3.89. The molecule has 1 fully saturated rings. The molecule has 9 heteroatoms. The Bertz CT molecular complexity index is 1170. The number of carbonyl (C=O) groups excluding carboxylic acids is 2. The Morgan fingerprint density at radius 1 is 0.968 bits per heavy atom. The summed E-state index contributed by atoms with van der Waals surface area (Å²) in [5.41, 5.74) is 1.74. The van der Waals surface area contributed by atoms with Gasteiger partial charge < -0.3 is 9.52 Å². The fraction of sp³-hybridized carbons (Fsp3) is 0.182. The van der Waals surface area contributed by atoms with E-state index in [9.17, 15) is 23.1 Å². The van der Waals surface area contributed by atoms with Gasteiger partial charge in [0.25, 0.3) is 0 Å². The number of aliphatic hydroxyl groups is 1. The molecule has 4 rings (SSSR count). The normalized spacial score (nSPS) is 15.5. The summed E-state index contributed by atoms with van der Waals surface area (Å²) >= 11 is 0. The Morgan fingerprint density at radius 2 is 1.61 bits per heavy atom. The molecule has 2 heterocycles. The molecule has 0 aliphatic carbocycles. The Balaban J connectivity index is 1.40. The minimum absolute atomic E-state index is 0.0317. The number of hydrogen-bond acceptors (Lipinski definition) is 6. The smallest absolute Gasteiger partial charge is 0.240 e. The molecule has 0 spiro atoms. The molecule has 0 unspecified atom stereocenters. The summed E-state index contributed by atoms with van der Waals surface area (Å²) in [5, 5.41) is 10.4. The summed E-state index contributed by atoms with van der Waals surface area (Å²) in [6.45, 7) is -0.215. The summed E-state index contributed by atoms with van der Waals surface area (Å²) in [6, 6.07) is 16.0. The van der Waals surface area contributed by atoms with E-state index >= 15 is 0 Å². The van der Waals surface area contributed by atoms with Gasteiger partial charge >= 0.3 is 0 Å². The average molecular weight is 440 g/mol. The van der Waals surface area contributed by atoms with Crippen LogP contribution in [0.5, 0.6) is 0 Å². The average Bonchev–Trinajstić information content (AvgIpc) is 3.42. The molecule has 1 saturated heterocycles. The van der Waals surface area contributed by atoms with Crippen molar-refractivity contribution in [2.45, 2.75) is 23.8 Å². The molecule has 3 aromatic rings. The first-order valence-corrected chi connectivity index (χ1v) is 11.1. The molecule has 2 N–H and O–H groups in total. The van der Waals surface area contributed by atoms with Crippen LogP contribution in [0.1, 0.15) is 24.5 Å². The van der Waals surface area contributed by atoms with E-state index in [4.69, 9.17) is 4.42 Å². The number of rotatable bonds is 7. The highest BCUT2D eigenvalue weighted by Crippen LogP contribution is 2.25. The van der Waals surface area contributed by atoms with Gasteiger partial charge in [-0.2, -0.15) is 0 Å². The third-order valence-corrected chi connectivity index (χ3v) is 6.46. The Morgan fingerprint density at radius 3 is 2.19 bits per heavy atom. The predicted molar refractivity (Wildman–Crippen MR) is 112 cm³/mol. The molecule has 1 atom stereocenters. The van der Waals surface area contributed by atoms with E-state index in [1.54, 1.807) is 36.6 Å². The standard InChI is InChI=1S/C22H20N2O6S/c25-19(15-3-5-16(6-4-15)20-2-1-13-30-20)14-23-31(28,29)18-9-7-17(8-10-18)24-21(26)11-12-22(24)27/h1-10,13,19,23,25H,11-12,14H2/t19-/m1/s1. The van der Waals surface area contributed by atoms with E-state index in [1.165, 1.54) is 24.3 Å². The van der Waals surface area contributed by atoms with Crippen LogP contribution in [-0.2, 0) is 19.6 Å². The monoisotopic (exact) mass is 440 g/mol. The van der Waals surface area contributed by atoms with Crippen LogP contribution in [0.15, 0.2) is 76.2 Å². The van der Waals surface area contributed by atoms with Gasteiger partial charge in [0.15, 0.2) is 0 Å². The molecular formula is C22H20N2O6S. The molecule has 1 aliphatic heterocycles. The number of nitrogens with zero attached hydrogens (tertiary/aromatic N) is 1. The maximum atomic E-state index is 12.6. The summed E-state index contributed by atoms with van der Waals surface area (Å²) in [4.78, 5) is 24.6. The Hall–Kier alpha value is -3.27. The summed E-state index contributed by atoms with van der Waals surface area (Å²) in [5.74, 6) is 0.0855. The van der Waals surface area contributed by atoms with Crippen LogP contribution >= 0.6 is 0 Å². The third kappa shape index (κ3) is 4.43. The fourth-order valence-electron chi connectivity index (χ4n) is 3.34. The molecule has 160 valence electrons. The molecule has 31 heavy (non-hydrogen) atoms. The molecule has 0 bridgehead atoms. The SMILES string of the molecule is O=C1CCC(=O)N1c1ccc(S(=O)(=O)NC[C@@H](O)c2ccc(-c3ccco3)cc2)cc1. The number of nitrogens with one attached hydrogen (secondary N) is 1. The lowest BCUT2D eigenvalue weighted by atomic mass is 10.1. The van der Waals surface area contributed by atoms with Crippen LogP contribution in [0.2, 0.25) is 0 Å². The molecule has 0 radical (unpaired) electrons. The van der Waals surface area contributed by atoms with Crippen LogP contribution in [0.25, 0.3) is 11.3 Å². The van der Waals surface area contributed by atoms with Crippen LogP contribution in [0.3, 0.4) is 0 Å². The zero-order chi connectivity index (χ0) is 22.0. The van der Waals surface area contributed by atoms with Gasteiger partial charge in [-0.25, -0.2) is 13.1 Å². The lowest BCUT2D eigenvalue weighted by Gasteiger charge is -2.15. The second-order valence-electron chi connectivity index (χ2n) is 7.08. The van der Waals surface area contributed by atoms with Crippen molar-refractivity contribution in [3.05, 3.63) is 72.5 Å². The van der Waals surface area contributed by atoms with Crippen LogP contribution < -0.4 is 9.62 Å². The Labute approximate surface area is 179 Å². The van der Waals surface area contributed by atoms with E-state index in [0.29, 0.717) is 17.0 Å². The van der Waals surface area contributed by atoms with Gasteiger partial charge in [0.05, 0.1) is 22.9 Å². The summed E-state index contributed by atoms with van der Waals surface area (Å²) in [6.07, 6.45) is 0.835. The first kappa shape index (κ1) is 21.0. The number of aliphatic hydroxyl groups excluding tert-OH is 1. The number of hydrogen-bond donors (Lipinski definition) is 2. The van der Waals surface area contributed by atoms with Gasteiger partial charge in [-0.15, -0.1) is 0 Å². The molecule has 2 amide bonds. The van der Waals surface area contributed by atoms with Crippen molar-refractivity contribution in [3.63, 3.8) is 0 Å². The van der Waals surface area contributed by atoms with Gasteiger partial charge in [0.2, 0.25) is 21.8 Å². The van der Waals surface area contributed by atoms with Crippen molar-refractivity contribution >= 4 is 27.5 Å². The van der Waals surface area contributed by atoms with E-state index < -0.39 is 16.1 Å². The minimum Gasteiger partial charge on any atom is -0.464 e. The minimum atomic E-state index is -3.89. The fourth-order valence-corrected chi connectivity index (χ4v) is 4.38. The number of amides is 2. The van der Waals surface area contributed by atoms with E-state index in [2.05, 4.69) is 4.72 Å². The van der Waals surface area contributed by atoms with E-state index in [0.717, 1.165) is 10.5 Å². The highest BCUT2D eigenvalue weighted by atomic mass is 32.2. The highest BCUT2D eigenvalue weighted by molar-refractivity contribution is 7.89. The largest absolute Gasteiger partial charge is 0.464 e. The maximum Gasteiger partial charge on any atom is 0.240 e. The van der Waals surface area contributed by atoms with Gasteiger partial charge in [0, 0.05) is 24.9 Å². The van der Waals surface area contributed by atoms with Crippen molar-refractivity contribution in [1.29, 1.82) is 0 Å². The van der Waals surface area contributed by atoms with Crippen molar-refractivity contribution in [2.75, 3.05) is 11.4 Å². The van der Waals surface area contributed by atoms with Crippen LogP contribution in [0.4, 0.5) is 5.69 Å². The molecule has 1 aromatic heterocycles. The second-order valence-corrected chi connectivity index (χ2v) is 8.85. The van der Waals surface area contributed by atoms with Crippen molar-refractivity contribution in [3.8, 4) is 11.3 Å². The maximum absolute atomic E-state index is 12.6.